The molecule has 19 heavy (non-hydrogen) atoms. The fraction of sp³-hybridized carbons (Fsp3) is 0.562. The molecule has 1 aromatic rings. The molecule has 0 atom stereocenters. The summed E-state index contributed by atoms with van der Waals surface area (Å²) in [6.45, 7) is 5.14. The number of piperidine rings is 1. The molecule has 1 aliphatic heterocycles. The Balaban J connectivity index is 1.83. The Labute approximate surface area is 116 Å². The van der Waals surface area contributed by atoms with Crippen LogP contribution >= 0.6 is 0 Å². The highest BCUT2D eigenvalue weighted by atomic mass is 16.2. The molecule has 104 valence electrons. The van der Waals surface area contributed by atoms with Crippen molar-refractivity contribution in [1.82, 2.24) is 10.2 Å². The summed E-state index contributed by atoms with van der Waals surface area (Å²) in [7, 11) is 1.93. The molecule has 0 saturated carbocycles. The first-order valence-corrected chi connectivity index (χ1v) is 7.15. The number of carbonyl (C=O) groups excluding carboxylic acids is 1. The van der Waals surface area contributed by atoms with Crippen LogP contribution in [0.4, 0.5) is 0 Å². The van der Waals surface area contributed by atoms with E-state index in [0.717, 1.165) is 25.2 Å². The summed E-state index contributed by atoms with van der Waals surface area (Å²) in [5.74, 6) is 0.885. The van der Waals surface area contributed by atoms with Crippen molar-refractivity contribution >= 4 is 5.91 Å². The van der Waals surface area contributed by atoms with Crippen LogP contribution in [0.1, 0.15) is 24.0 Å². The van der Waals surface area contributed by atoms with Gasteiger partial charge in [-0.2, -0.15) is 0 Å². The Morgan fingerprint density at radius 1 is 1.26 bits per heavy atom. The summed E-state index contributed by atoms with van der Waals surface area (Å²) in [6.07, 6.45) is 2.88. The van der Waals surface area contributed by atoms with E-state index in [-0.39, 0.29) is 5.91 Å². The summed E-state index contributed by atoms with van der Waals surface area (Å²) in [4.78, 5) is 14.1. The van der Waals surface area contributed by atoms with Gasteiger partial charge in [0, 0.05) is 13.6 Å². The van der Waals surface area contributed by atoms with E-state index < -0.39 is 0 Å². The van der Waals surface area contributed by atoms with Crippen molar-refractivity contribution in [2.75, 3.05) is 26.7 Å². The molecule has 1 fully saturated rings. The first-order valence-electron chi connectivity index (χ1n) is 7.15. The first-order chi connectivity index (χ1) is 9.15. The van der Waals surface area contributed by atoms with Crippen molar-refractivity contribution in [3.8, 4) is 0 Å². The van der Waals surface area contributed by atoms with Crippen LogP contribution in [0.25, 0.3) is 0 Å². The highest BCUT2D eigenvalue weighted by molar-refractivity contribution is 5.78. The largest absolute Gasteiger partial charge is 0.345 e. The monoisotopic (exact) mass is 260 g/mol. The molecule has 1 amide bonds. The maximum Gasteiger partial charge on any atom is 0.226 e. The van der Waals surface area contributed by atoms with Gasteiger partial charge in [-0.15, -0.1) is 0 Å². The van der Waals surface area contributed by atoms with E-state index in [9.17, 15) is 4.79 Å². The number of nitrogens with zero attached hydrogens (tertiary/aromatic N) is 1. The van der Waals surface area contributed by atoms with Crippen molar-refractivity contribution in [3.63, 3.8) is 0 Å². The molecule has 0 bridgehead atoms. The SMILES string of the molecule is Cc1ccc(CC(=O)N(C)CC2CCNCC2)cc1. The number of benzene rings is 1. The van der Waals surface area contributed by atoms with Gasteiger partial charge >= 0.3 is 0 Å². The van der Waals surface area contributed by atoms with E-state index in [1.54, 1.807) is 0 Å². The van der Waals surface area contributed by atoms with Crippen molar-refractivity contribution < 1.29 is 4.79 Å². The molecule has 0 spiro atoms. The van der Waals surface area contributed by atoms with Gasteiger partial charge in [-0.05, 0) is 44.3 Å². The predicted octanol–water partition coefficient (Wildman–Crippen LogP) is 2.00. The summed E-state index contributed by atoms with van der Waals surface area (Å²) in [6, 6.07) is 8.22. The van der Waals surface area contributed by atoms with E-state index >= 15 is 0 Å². The van der Waals surface area contributed by atoms with Crippen LogP contribution in [0.2, 0.25) is 0 Å². The standard InChI is InChI=1S/C16H24N2O/c1-13-3-5-14(6-4-13)11-16(19)18(2)12-15-7-9-17-10-8-15/h3-6,15,17H,7-12H2,1-2H3. The maximum absolute atomic E-state index is 12.2. The Hall–Kier alpha value is -1.35. The first kappa shape index (κ1) is 14.1. The van der Waals surface area contributed by atoms with Gasteiger partial charge < -0.3 is 10.2 Å². The van der Waals surface area contributed by atoms with Gasteiger partial charge in [0.1, 0.15) is 0 Å². The molecule has 0 aromatic heterocycles. The zero-order valence-corrected chi connectivity index (χ0v) is 12.0. The molecule has 3 nitrogen and oxygen atoms in total. The lowest BCUT2D eigenvalue weighted by atomic mass is 9.97. The molecule has 0 unspecified atom stereocenters. The molecule has 0 radical (unpaired) electrons. The molecule has 1 aliphatic rings. The quantitative estimate of drug-likeness (QED) is 0.898. The third-order valence-electron chi connectivity index (χ3n) is 3.89. The van der Waals surface area contributed by atoms with Crippen molar-refractivity contribution in [3.05, 3.63) is 35.4 Å². The number of carbonyl (C=O) groups is 1. The van der Waals surface area contributed by atoms with Crippen molar-refractivity contribution in [2.45, 2.75) is 26.2 Å². The van der Waals surface area contributed by atoms with Crippen LogP contribution in [0.3, 0.4) is 0 Å². The Morgan fingerprint density at radius 3 is 2.53 bits per heavy atom. The van der Waals surface area contributed by atoms with Crippen LogP contribution in [-0.4, -0.2) is 37.5 Å². The van der Waals surface area contributed by atoms with Crippen LogP contribution in [0.15, 0.2) is 24.3 Å². The number of nitrogens with one attached hydrogen (secondary N) is 1. The average molecular weight is 260 g/mol. The molecule has 1 heterocycles. The second kappa shape index (κ2) is 6.71. The molecule has 2 rings (SSSR count). The molecule has 1 saturated heterocycles. The van der Waals surface area contributed by atoms with Gasteiger partial charge in [0.05, 0.1) is 6.42 Å². The second-order valence-corrected chi connectivity index (χ2v) is 5.63. The predicted molar refractivity (Wildman–Crippen MR) is 78.1 cm³/mol. The minimum Gasteiger partial charge on any atom is -0.345 e. The minimum atomic E-state index is 0.224. The molecule has 1 aromatic carbocycles. The van der Waals surface area contributed by atoms with Gasteiger partial charge in [0.25, 0.3) is 0 Å². The second-order valence-electron chi connectivity index (χ2n) is 5.63. The van der Waals surface area contributed by atoms with Crippen molar-refractivity contribution in [1.29, 1.82) is 0 Å². The average Bonchev–Trinajstić information content (AvgIpc) is 2.42. The van der Waals surface area contributed by atoms with Gasteiger partial charge in [-0.25, -0.2) is 0 Å². The smallest absolute Gasteiger partial charge is 0.226 e. The number of hydrogen-bond donors (Lipinski definition) is 1. The third kappa shape index (κ3) is 4.35. The van der Waals surface area contributed by atoms with E-state index in [1.807, 2.05) is 24.1 Å². The lowest BCUT2D eigenvalue weighted by Gasteiger charge is -2.27. The fourth-order valence-corrected chi connectivity index (χ4v) is 2.57. The zero-order valence-electron chi connectivity index (χ0n) is 12.0. The molecular formula is C16H24N2O. The van der Waals surface area contributed by atoms with Crippen LogP contribution in [0, 0.1) is 12.8 Å². The van der Waals surface area contributed by atoms with Crippen LogP contribution in [-0.2, 0) is 11.2 Å². The topological polar surface area (TPSA) is 32.3 Å². The summed E-state index contributed by atoms with van der Waals surface area (Å²) >= 11 is 0. The molecule has 0 aliphatic carbocycles. The Morgan fingerprint density at radius 2 is 1.89 bits per heavy atom. The highest BCUT2D eigenvalue weighted by Gasteiger charge is 2.18. The summed E-state index contributed by atoms with van der Waals surface area (Å²) in [5.41, 5.74) is 2.34. The van der Waals surface area contributed by atoms with E-state index in [0.29, 0.717) is 12.3 Å². The highest BCUT2D eigenvalue weighted by Crippen LogP contribution is 2.13. The fourth-order valence-electron chi connectivity index (χ4n) is 2.57. The number of rotatable bonds is 4. The Bertz CT molecular complexity index is 407. The van der Waals surface area contributed by atoms with Gasteiger partial charge in [-0.3, -0.25) is 4.79 Å². The molecule has 1 N–H and O–H groups in total. The van der Waals surface area contributed by atoms with Gasteiger partial charge in [0.2, 0.25) is 5.91 Å². The van der Waals surface area contributed by atoms with E-state index in [4.69, 9.17) is 0 Å². The Kier molecular flexibility index (Phi) is 4.97. The van der Waals surface area contributed by atoms with Gasteiger partial charge in [0.15, 0.2) is 0 Å². The third-order valence-corrected chi connectivity index (χ3v) is 3.89. The number of hydrogen-bond acceptors (Lipinski definition) is 2. The lowest BCUT2D eigenvalue weighted by Crippen LogP contribution is -2.37. The van der Waals surface area contributed by atoms with E-state index in [2.05, 4.69) is 24.4 Å². The maximum atomic E-state index is 12.2. The van der Waals surface area contributed by atoms with E-state index in [1.165, 1.54) is 18.4 Å². The number of amides is 1. The number of aryl methyl sites for hydroxylation is 1. The summed E-state index contributed by atoms with van der Waals surface area (Å²) in [5, 5.41) is 3.36. The van der Waals surface area contributed by atoms with Crippen LogP contribution < -0.4 is 5.32 Å². The van der Waals surface area contributed by atoms with Crippen molar-refractivity contribution in [2.24, 2.45) is 5.92 Å². The van der Waals surface area contributed by atoms with Crippen LogP contribution in [0.5, 0.6) is 0 Å². The zero-order chi connectivity index (χ0) is 13.7. The number of likely N-dealkylation sites (N-methyl/N-ethyl adjacent to an activating group) is 1. The lowest BCUT2D eigenvalue weighted by molar-refractivity contribution is -0.129. The summed E-state index contributed by atoms with van der Waals surface area (Å²) < 4.78 is 0. The molecule has 3 heteroatoms. The van der Waals surface area contributed by atoms with Gasteiger partial charge in [-0.1, -0.05) is 29.8 Å². The molecular weight excluding hydrogens is 236 g/mol. The normalized spacial score (nSPS) is 16.3. The minimum absolute atomic E-state index is 0.224.